The predicted octanol–water partition coefficient (Wildman–Crippen LogP) is 4.18. The van der Waals surface area contributed by atoms with Crippen molar-refractivity contribution < 1.29 is 14.0 Å². The summed E-state index contributed by atoms with van der Waals surface area (Å²) in [6, 6.07) is 22.6. The molecule has 1 aliphatic heterocycles. The van der Waals surface area contributed by atoms with Gasteiger partial charge in [-0.25, -0.2) is 4.39 Å². The Labute approximate surface area is 169 Å². The number of benzene rings is 3. The number of piperazine rings is 1. The maximum absolute atomic E-state index is 14.0. The first-order valence-electron chi connectivity index (χ1n) is 9.53. The Morgan fingerprint density at radius 2 is 1.64 bits per heavy atom. The van der Waals surface area contributed by atoms with Gasteiger partial charge >= 0.3 is 0 Å². The van der Waals surface area contributed by atoms with Crippen LogP contribution in [0.3, 0.4) is 0 Å². The van der Waals surface area contributed by atoms with Crippen LogP contribution >= 0.6 is 11.6 Å². The first-order valence-corrected chi connectivity index (χ1v) is 9.90. The molecular formula is C23H23ClFN2O+. The van der Waals surface area contributed by atoms with Gasteiger partial charge in [-0.2, -0.15) is 0 Å². The van der Waals surface area contributed by atoms with Crippen molar-refractivity contribution in [3.63, 3.8) is 0 Å². The molecular weight excluding hydrogens is 375 g/mol. The highest BCUT2D eigenvalue weighted by Crippen LogP contribution is 2.24. The molecule has 0 spiro atoms. The molecule has 0 amide bonds. The van der Waals surface area contributed by atoms with Crippen LogP contribution in [-0.4, -0.2) is 26.2 Å². The molecule has 0 radical (unpaired) electrons. The standard InChI is InChI=1S/C23H22ClFN2O/c24-19-8-10-20(11-9-19)28-21-5-3-4-18(16-21)17-26-12-14-27(15-13-26)23-7-2-1-6-22(23)25/h1-11,16H,12-15,17H2/p+1. The van der Waals surface area contributed by atoms with Gasteiger partial charge in [0.05, 0.1) is 31.9 Å². The molecule has 1 heterocycles. The largest absolute Gasteiger partial charge is 0.457 e. The fourth-order valence-electron chi connectivity index (χ4n) is 3.60. The molecule has 4 rings (SSSR count). The van der Waals surface area contributed by atoms with Gasteiger partial charge in [-0.1, -0.05) is 35.9 Å². The van der Waals surface area contributed by atoms with Crippen molar-refractivity contribution in [2.24, 2.45) is 0 Å². The SMILES string of the molecule is Fc1ccccc1N1CC[NH+](Cc2cccc(Oc3ccc(Cl)cc3)c2)CC1. The first kappa shape index (κ1) is 18.8. The van der Waals surface area contributed by atoms with E-state index in [1.165, 1.54) is 16.5 Å². The molecule has 144 valence electrons. The maximum atomic E-state index is 14.0. The van der Waals surface area contributed by atoms with Gasteiger partial charge in [0.15, 0.2) is 0 Å². The van der Waals surface area contributed by atoms with Crippen LogP contribution in [0.15, 0.2) is 72.8 Å². The van der Waals surface area contributed by atoms with Crippen molar-refractivity contribution >= 4 is 17.3 Å². The maximum Gasteiger partial charge on any atom is 0.146 e. The number of anilines is 1. The number of hydrogen-bond acceptors (Lipinski definition) is 2. The second-order valence-electron chi connectivity index (χ2n) is 7.07. The second kappa shape index (κ2) is 8.63. The summed E-state index contributed by atoms with van der Waals surface area (Å²) in [5.74, 6) is 1.45. The van der Waals surface area contributed by atoms with E-state index in [0.717, 1.165) is 44.2 Å². The normalized spacial score (nSPS) is 14.9. The lowest BCUT2D eigenvalue weighted by atomic mass is 10.1. The van der Waals surface area contributed by atoms with E-state index in [1.807, 2.05) is 48.5 Å². The number of nitrogens with one attached hydrogen (secondary N) is 1. The van der Waals surface area contributed by atoms with Crippen molar-refractivity contribution in [1.29, 1.82) is 0 Å². The Bertz CT molecular complexity index is 924. The molecule has 0 aliphatic carbocycles. The van der Waals surface area contributed by atoms with Gasteiger partial charge in [0, 0.05) is 10.6 Å². The third kappa shape index (κ3) is 4.64. The Balaban J connectivity index is 1.35. The van der Waals surface area contributed by atoms with Gasteiger partial charge in [-0.3, -0.25) is 0 Å². The van der Waals surface area contributed by atoms with E-state index < -0.39 is 0 Å². The van der Waals surface area contributed by atoms with Crippen molar-refractivity contribution in [2.45, 2.75) is 6.54 Å². The molecule has 0 bridgehead atoms. The Morgan fingerprint density at radius 3 is 2.39 bits per heavy atom. The lowest BCUT2D eigenvalue weighted by Crippen LogP contribution is -3.13. The fourth-order valence-corrected chi connectivity index (χ4v) is 3.72. The molecule has 3 nitrogen and oxygen atoms in total. The zero-order valence-corrected chi connectivity index (χ0v) is 16.3. The van der Waals surface area contributed by atoms with Crippen LogP contribution in [0.5, 0.6) is 11.5 Å². The minimum absolute atomic E-state index is 0.141. The van der Waals surface area contributed by atoms with Crippen molar-refractivity contribution in [1.82, 2.24) is 0 Å². The Morgan fingerprint density at radius 1 is 0.893 bits per heavy atom. The molecule has 3 aromatic carbocycles. The molecule has 0 saturated carbocycles. The highest BCUT2D eigenvalue weighted by Gasteiger charge is 2.22. The van der Waals surface area contributed by atoms with Crippen molar-refractivity contribution in [3.8, 4) is 11.5 Å². The Hall–Kier alpha value is -2.56. The summed E-state index contributed by atoms with van der Waals surface area (Å²) in [6.45, 7) is 4.62. The highest BCUT2D eigenvalue weighted by molar-refractivity contribution is 6.30. The number of hydrogen-bond donors (Lipinski definition) is 1. The summed E-state index contributed by atoms with van der Waals surface area (Å²) in [6.07, 6.45) is 0. The average Bonchev–Trinajstić information content (AvgIpc) is 2.71. The number of halogens is 2. The number of nitrogens with zero attached hydrogens (tertiary/aromatic N) is 1. The molecule has 1 fully saturated rings. The van der Waals surface area contributed by atoms with E-state index in [4.69, 9.17) is 16.3 Å². The van der Waals surface area contributed by atoms with Crippen LogP contribution in [0.25, 0.3) is 0 Å². The molecule has 5 heteroatoms. The fraction of sp³-hybridized carbons (Fsp3) is 0.217. The van der Waals surface area contributed by atoms with Crippen LogP contribution in [0, 0.1) is 5.82 Å². The quantitative estimate of drug-likeness (QED) is 0.695. The third-order valence-corrected chi connectivity index (χ3v) is 5.32. The van der Waals surface area contributed by atoms with E-state index in [0.29, 0.717) is 10.7 Å². The minimum atomic E-state index is -0.141. The zero-order valence-electron chi connectivity index (χ0n) is 15.6. The van der Waals surface area contributed by atoms with E-state index in [-0.39, 0.29) is 5.82 Å². The molecule has 28 heavy (non-hydrogen) atoms. The van der Waals surface area contributed by atoms with Gasteiger partial charge in [0.2, 0.25) is 0 Å². The number of quaternary nitrogens is 1. The van der Waals surface area contributed by atoms with Crippen LogP contribution in [0.1, 0.15) is 5.56 Å². The summed E-state index contributed by atoms with van der Waals surface area (Å²) in [4.78, 5) is 3.63. The Kier molecular flexibility index (Phi) is 5.79. The van der Waals surface area contributed by atoms with Gasteiger partial charge in [0.1, 0.15) is 23.9 Å². The topological polar surface area (TPSA) is 16.9 Å². The molecule has 1 saturated heterocycles. The summed E-state index contributed by atoms with van der Waals surface area (Å²) in [7, 11) is 0. The minimum Gasteiger partial charge on any atom is -0.457 e. The predicted molar refractivity (Wildman–Crippen MR) is 111 cm³/mol. The van der Waals surface area contributed by atoms with Gasteiger partial charge in [-0.15, -0.1) is 0 Å². The molecule has 0 atom stereocenters. The van der Waals surface area contributed by atoms with E-state index in [2.05, 4.69) is 17.0 Å². The van der Waals surface area contributed by atoms with Crippen molar-refractivity contribution in [2.75, 3.05) is 31.1 Å². The smallest absolute Gasteiger partial charge is 0.146 e. The molecule has 1 N–H and O–H groups in total. The molecule has 0 aromatic heterocycles. The third-order valence-electron chi connectivity index (χ3n) is 5.07. The monoisotopic (exact) mass is 397 g/mol. The van der Waals surface area contributed by atoms with Gasteiger partial charge in [-0.05, 0) is 48.5 Å². The van der Waals surface area contributed by atoms with E-state index >= 15 is 0 Å². The average molecular weight is 398 g/mol. The van der Waals surface area contributed by atoms with E-state index in [9.17, 15) is 4.39 Å². The van der Waals surface area contributed by atoms with Gasteiger partial charge in [0.25, 0.3) is 0 Å². The zero-order chi connectivity index (χ0) is 19.3. The van der Waals surface area contributed by atoms with Gasteiger partial charge < -0.3 is 14.5 Å². The summed E-state index contributed by atoms with van der Waals surface area (Å²) in [5, 5.41) is 0.694. The van der Waals surface area contributed by atoms with Crippen LogP contribution in [0.4, 0.5) is 10.1 Å². The van der Waals surface area contributed by atoms with Crippen molar-refractivity contribution in [3.05, 3.63) is 89.2 Å². The summed E-state index contributed by atoms with van der Waals surface area (Å²) >= 11 is 5.92. The molecule has 1 aliphatic rings. The van der Waals surface area contributed by atoms with E-state index in [1.54, 1.807) is 6.07 Å². The number of ether oxygens (including phenoxy) is 1. The number of rotatable bonds is 5. The molecule has 0 unspecified atom stereocenters. The molecule has 3 aromatic rings. The van der Waals surface area contributed by atoms with Crippen LogP contribution in [-0.2, 0) is 6.54 Å². The second-order valence-corrected chi connectivity index (χ2v) is 7.51. The van der Waals surface area contributed by atoms with Crippen LogP contribution < -0.4 is 14.5 Å². The lowest BCUT2D eigenvalue weighted by Gasteiger charge is -2.33. The first-order chi connectivity index (χ1) is 13.7. The summed E-state index contributed by atoms with van der Waals surface area (Å²) < 4.78 is 19.9. The lowest BCUT2D eigenvalue weighted by molar-refractivity contribution is -0.914. The highest BCUT2D eigenvalue weighted by atomic mass is 35.5. The summed E-state index contributed by atoms with van der Waals surface area (Å²) in [5.41, 5.74) is 1.95. The van der Waals surface area contributed by atoms with Crippen LogP contribution in [0.2, 0.25) is 5.02 Å². The number of para-hydroxylation sites is 1.